The van der Waals surface area contributed by atoms with Crippen LogP contribution in [0.3, 0.4) is 0 Å². The van der Waals surface area contributed by atoms with Gasteiger partial charge in [0.05, 0.1) is 11.1 Å². The van der Waals surface area contributed by atoms with E-state index in [1.165, 1.54) is 41.5 Å². The molecule has 0 saturated heterocycles. The van der Waals surface area contributed by atoms with Gasteiger partial charge in [-0.3, -0.25) is 0 Å². The summed E-state index contributed by atoms with van der Waals surface area (Å²) in [5.74, 6) is 1.20. The predicted molar refractivity (Wildman–Crippen MR) is 146 cm³/mol. The van der Waals surface area contributed by atoms with Crippen LogP contribution >= 0.6 is 0 Å². The monoisotopic (exact) mass is 579 g/mol. The molecule has 2 aliphatic rings. The van der Waals surface area contributed by atoms with Crippen LogP contribution in [-0.4, -0.2) is 27.9 Å². The Morgan fingerprint density at radius 2 is 1.54 bits per heavy atom. The first-order valence-electron chi connectivity index (χ1n) is 14.3. The van der Waals surface area contributed by atoms with E-state index in [9.17, 15) is 26.3 Å². The number of anilines is 2. The van der Waals surface area contributed by atoms with E-state index in [4.69, 9.17) is 5.73 Å². The van der Waals surface area contributed by atoms with Gasteiger partial charge in [-0.15, -0.1) is 5.10 Å². The van der Waals surface area contributed by atoms with Gasteiger partial charge < -0.3 is 10.6 Å². The van der Waals surface area contributed by atoms with Crippen LogP contribution in [0.25, 0.3) is 0 Å². The molecule has 1 aromatic heterocycles. The molecule has 2 N–H and O–H groups in total. The Bertz CT molecular complexity index is 1340. The Morgan fingerprint density at radius 3 is 2.15 bits per heavy atom. The minimum atomic E-state index is -4.90. The molecule has 5 rings (SSSR count). The fourth-order valence-corrected chi connectivity index (χ4v) is 6.27. The number of benzene rings is 2. The summed E-state index contributed by atoms with van der Waals surface area (Å²) in [6.45, 7) is 4.02. The number of alkyl halides is 6. The highest BCUT2D eigenvalue weighted by Crippen LogP contribution is 2.37. The molecule has 2 aromatic carbocycles. The van der Waals surface area contributed by atoms with Crippen molar-refractivity contribution in [2.75, 3.05) is 23.7 Å². The summed E-state index contributed by atoms with van der Waals surface area (Å²) in [5, 5.41) is 4.24. The number of nitrogens with zero attached hydrogens (tertiary/aromatic N) is 4. The average Bonchev–Trinajstić information content (AvgIpc) is 3.66. The molecule has 0 aliphatic heterocycles. The van der Waals surface area contributed by atoms with Crippen LogP contribution in [0, 0.1) is 5.92 Å². The van der Waals surface area contributed by atoms with Crippen LogP contribution in [0.5, 0.6) is 0 Å². The number of aryl methyl sites for hydroxylation is 4. The van der Waals surface area contributed by atoms with Gasteiger partial charge in [0.25, 0.3) is 0 Å². The molecule has 41 heavy (non-hydrogen) atoms. The lowest BCUT2D eigenvalue weighted by atomic mass is 9.99. The molecule has 1 saturated carbocycles. The van der Waals surface area contributed by atoms with Crippen LogP contribution in [0.15, 0.2) is 30.3 Å². The van der Waals surface area contributed by atoms with Gasteiger partial charge in [-0.2, -0.15) is 31.3 Å². The summed E-state index contributed by atoms with van der Waals surface area (Å²) in [4.78, 5) is 6.83. The van der Waals surface area contributed by atoms with Crippen LogP contribution in [-0.2, 0) is 44.6 Å². The number of hydrogen-bond donors (Lipinski definition) is 1. The van der Waals surface area contributed by atoms with Crippen molar-refractivity contribution >= 4 is 11.6 Å². The standard InChI is InChI=1S/C30H35F6N5/c1-2-40(18-19-6-3-4-7-19)26-15-22-9-5-8-21(22)14-23(26)16-27-38-28(37)39-41(27)11-10-20-12-24(29(31,32)33)17-25(13-20)30(34,35)36/h12-15,17,19H,2-11,16,18H2,1H3,(H2,37,39). The third-order valence-electron chi connectivity index (χ3n) is 8.34. The van der Waals surface area contributed by atoms with E-state index in [0.29, 0.717) is 18.2 Å². The lowest BCUT2D eigenvalue weighted by Crippen LogP contribution is -2.29. The zero-order valence-corrected chi connectivity index (χ0v) is 23.1. The van der Waals surface area contributed by atoms with Crippen LogP contribution in [0.4, 0.5) is 38.0 Å². The largest absolute Gasteiger partial charge is 0.416 e. The van der Waals surface area contributed by atoms with Crippen LogP contribution in [0.2, 0.25) is 0 Å². The second-order valence-corrected chi connectivity index (χ2v) is 11.2. The summed E-state index contributed by atoms with van der Waals surface area (Å²) in [7, 11) is 0. The van der Waals surface area contributed by atoms with Gasteiger partial charge in [0.1, 0.15) is 5.82 Å². The molecule has 0 radical (unpaired) electrons. The van der Waals surface area contributed by atoms with E-state index >= 15 is 0 Å². The highest BCUT2D eigenvalue weighted by molar-refractivity contribution is 5.59. The number of aromatic nitrogens is 3. The molecule has 0 bridgehead atoms. The second kappa shape index (κ2) is 11.6. The minimum Gasteiger partial charge on any atom is -0.371 e. The fourth-order valence-electron chi connectivity index (χ4n) is 6.27. The molecule has 5 nitrogen and oxygen atoms in total. The Hall–Kier alpha value is -3.24. The maximum absolute atomic E-state index is 13.3. The van der Waals surface area contributed by atoms with Crippen molar-refractivity contribution in [3.8, 4) is 0 Å². The SMILES string of the molecule is CCN(CC1CCCC1)c1cc2c(cc1Cc1nc(N)nn1CCc1cc(C(F)(F)F)cc(C(F)(F)F)c1)CCC2. The zero-order chi connectivity index (χ0) is 29.4. The first-order valence-corrected chi connectivity index (χ1v) is 14.3. The van der Waals surface area contributed by atoms with E-state index in [1.807, 2.05) is 0 Å². The third kappa shape index (κ3) is 6.81. The molecule has 3 aromatic rings. The Kier molecular flexibility index (Phi) is 8.25. The van der Waals surface area contributed by atoms with Crippen molar-refractivity contribution < 1.29 is 26.3 Å². The van der Waals surface area contributed by atoms with Crippen molar-refractivity contribution in [1.82, 2.24) is 14.8 Å². The third-order valence-corrected chi connectivity index (χ3v) is 8.34. The second-order valence-electron chi connectivity index (χ2n) is 11.2. The van der Waals surface area contributed by atoms with Crippen LogP contribution in [0.1, 0.15) is 78.2 Å². The van der Waals surface area contributed by atoms with E-state index in [0.717, 1.165) is 55.7 Å². The maximum atomic E-state index is 13.3. The molecule has 1 fully saturated rings. The van der Waals surface area contributed by atoms with Crippen LogP contribution < -0.4 is 10.6 Å². The molecule has 0 unspecified atom stereocenters. The minimum absolute atomic E-state index is 0.0148. The summed E-state index contributed by atoms with van der Waals surface area (Å²) in [6, 6.07) is 6.18. The Labute approximate surface area is 235 Å². The molecular weight excluding hydrogens is 544 g/mol. The lowest BCUT2D eigenvalue weighted by molar-refractivity contribution is -0.143. The van der Waals surface area contributed by atoms with Crippen molar-refractivity contribution in [3.05, 3.63) is 69.5 Å². The zero-order valence-electron chi connectivity index (χ0n) is 23.1. The summed E-state index contributed by atoms with van der Waals surface area (Å²) < 4.78 is 81.6. The van der Waals surface area contributed by atoms with Crippen molar-refractivity contribution in [1.29, 1.82) is 0 Å². The molecule has 11 heteroatoms. The Balaban J connectivity index is 1.42. The smallest absolute Gasteiger partial charge is 0.371 e. The molecule has 222 valence electrons. The molecular formula is C30H35F6N5. The molecule has 0 spiro atoms. The van der Waals surface area contributed by atoms with E-state index in [2.05, 4.69) is 34.0 Å². The predicted octanol–water partition coefficient (Wildman–Crippen LogP) is 7.24. The van der Waals surface area contributed by atoms with E-state index < -0.39 is 23.5 Å². The van der Waals surface area contributed by atoms with Crippen molar-refractivity contribution in [3.63, 3.8) is 0 Å². The quantitative estimate of drug-likeness (QED) is 0.272. The lowest BCUT2D eigenvalue weighted by Gasteiger charge is -2.29. The van der Waals surface area contributed by atoms with Gasteiger partial charge in [-0.05, 0) is 97.9 Å². The van der Waals surface area contributed by atoms with Gasteiger partial charge in [0.15, 0.2) is 0 Å². The molecule has 1 heterocycles. The van der Waals surface area contributed by atoms with Gasteiger partial charge >= 0.3 is 12.4 Å². The number of nitrogen functional groups attached to an aromatic ring is 1. The van der Waals surface area contributed by atoms with E-state index in [-0.39, 0.29) is 30.5 Å². The van der Waals surface area contributed by atoms with Crippen molar-refractivity contribution in [2.45, 2.75) is 83.6 Å². The first-order chi connectivity index (χ1) is 19.4. The van der Waals surface area contributed by atoms with Gasteiger partial charge in [0, 0.05) is 31.7 Å². The number of hydrogen-bond acceptors (Lipinski definition) is 4. The number of rotatable bonds is 9. The number of nitrogens with two attached hydrogens (primary N) is 1. The topological polar surface area (TPSA) is 60.0 Å². The normalized spacial score (nSPS) is 16.0. The first kappa shape index (κ1) is 29.3. The molecule has 0 amide bonds. The highest BCUT2D eigenvalue weighted by atomic mass is 19.4. The van der Waals surface area contributed by atoms with Gasteiger partial charge in [0.2, 0.25) is 5.95 Å². The maximum Gasteiger partial charge on any atom is 0.416 e. The van der Waals surface area contributed by atoms with Gasteiger partial charge in [-0.1, -0.05) is 18.9 Å². The average molecular weight is 580 g/mol. The highest BCUT2D eigenvalue weighted by Gasteiger charge is 2.37. The summed E-state index contributed by atoms with van der Waals surface area (Å²) >= 11 is 0. The summed E-state index contributed by atoms with van der Waals surface area (Å²) in [6.07, 6.45) is -1.34. The molecule has 2 aliphatic carbocycles. The molecule has 0 atom stereocenters. The van der Waals surface area contributed by atoms with Crippen molar-refractivity contribution in [2.24, 2.45) is 5.92 Å². The number of fused-ring (bicyclic) bond motifs is 1. The van der Waals surface area contributed by atoms with Gasteiger partial charge in [-0.25, -0.2) is 4.68 Å². The number of halogens is 6. The summed E-state index contributed by atoms with van der Waals surface area (Å²) in [5.41, 5.74) is 8.10. The fraction of sp³-hybridized carbons (Fsp3) is 0.533. The Morgan fingerprint density at radius 1 is 0.902 bits per heavy atom. The van der Waals surface area contributed by atoms with E-state index in [1.54, 1.807) is 0 Å².